The van der Waals surface area contributed by atoms with Gasteiger partial charge < -0.3 is 14.5 Å². The van der Waals surface area contributed by atoms with Crippen LogP contribution in [0, 0.1) is 10.1 Å². The molecule has 0 saturated carbocycles. The summed E-state index contributed by atoms with van der Waals surface area (Å²) in [5, 5.41) is 14.3. The van der Waals surface area contributed by atoms with Gasteiger partial charge in [-0.1, -0.05) is 0 Å². The molecule has 6 nitrogen and oxygen atoms in total. The van der Waals surface area contributed by atoms with Crippen molar-refractivity contribution in [2.45, 2.75) is 13.5 Å². The molecular formula is C13H13ClN2O4. The lowest BCUT2D eigenvalue weighted by atomic mass is 10.2. The Bertz CT molecular complexity index is 612. The predicted molar refractivity (Wildman–Crippen MR) is 75.3 cm³/mol. The van der Waals surface area contributed by atoms with Gasteiger partial charge in [-0.2, -0.15) is 0 Å². The van der Waals surface area contributed by atoms with Gasteiger partial charge in [0.2, 0.25) is 0 Å². The van der Waals surface area contributed by atoms with Crippen LogP contribution in [0.25, 0.3) is 0 Å². The second-order valence-corrected chi connectivity index (χ2v) is 4.30. The fourth-order valence-electron chi connectivity index (χ4n) is 1.70. The van der Waals surface area contributed by atoms with E-state index < -0.39 is 4.92 Å². The third kappa shape index (κ3) is 3.42. The van der Waals surface area contributed by atoms with Gasteiger partial charge in [-0.3, -0.25) is 10.1 Å². The number of hydrogen-bond donors (Lipinski definition) is 1. The van der Waals surface area contributed by atoms with Crippen LogP contribution in [0.4, 0.5) is 11.4 Å². The van der Waals surface area contributed by atoms with Crippen molar-refractivity contribution in [3.05, 3.63) is 51.4 Å². The molecule has 0 amide bonds. The summed E-state index contributed by atoms with van der Waals surface area (Å²) in [6.07, 6.45) is 0. The van der Waals surface area contributed by atoms with Crippen LogP contribution in [-0.2, 0) is 6.54 Å². The number of nitro benzene ring substituents is 1. The van der Waals surface area contributed by atoms with Crippen LogP contribution in [0.3, 0.4) is 0 Å². The number of furan rings is 1. The van der Waals surface area contributed by atoms with Gasteiger partial charge in [-0.15, -0.1) is 0 Å². The third-order valence-electron chi connectivity index (χ3n) is 2.56. The van der Waals surface area contributed by atoms with E-state index in [0.717, 1.165) is 0 Å². The van der Waals surface area contributed by atoms with Gasteiger partial charge in [0.05, 0.1) is 24.1 Å². The van der Waals surface area contributed by atoms with E-state index >= 15 is 0 Å². The van der Waals surface area contributed by atoms with Crippen LogP contribution in [0.1, 0.15) is 12.7 Å². The summed E-state index contributed by atoms with van der Waals surface area (Å²) in [7, 11) is 0. The number of ether oxygens (including phenoxy) is 1. The molecule has 0 saturated heterocycles. The number of nitrogens with zero attached hydrogens (tertiary/aromatic N) is 1. The standard InChI is InChI=1S/C13H13ClN2O4/c1-2-19-9-3-5-11(12(7-9)16(17)18)15-8-10-4-6-13(14)20-10/h3-7,15H,2,8H2,1H3. The van der Waals surface area contributed by atoms with Crippen molar-refractivity contribution in [2.75, 3.05) is 11.9 Å². The van der Waals surface area contributed by atoms with E-state index in [1.165, 1.54) is 6.07 Å². The largest absolute Gasteiger partial charge is 0.494 e. The SMILES string of the molecule is CCOc1ccc(NCc2ccc(Cl)o2)c([N+](=O)[O-])c1. The van der Waals surface area contributed by atoms with Crippen molar-refractivity contribution in [1.29, 1.82) is 0 Å². The van der Waals surface area contributed by atoms with Gasteiger partial charge in [0, 0.05) is 0 Å². The molecule has 0 aliphatic heterocycles. The highest BCUT2D eigenvalue weighted by atomic mass is 35.5. The molecule has 0 bridgehead atoms. The van der Waals surface area contributed by atoms with Crippen LogP contribution in [-0.4, -0.2) is 11.5 Å². The van der Waals surface area contributed by atoms with Crippen LogP contribution in [0.2, 0.25) is 5.22 Å². The molecule has 1 heterocycles. The first-order valence-electron chi connectivity index (χ1n) is 5.99. The monoisotopic (exact) mass is 296 g/mol. The Morgan fingerprint density at radius 2 is 2.20 bits per heavy atom. The molecule has 2 rings (SSSR count). The van der Waals surface area contributed by atoms with Gasteiger partial charge in [-0.05, 0) is 42.8 Å². The summed E-state index contributed by atoms with van der Waals surface area (Å²) >= 11 is 5.66. The Morgan fingerprint density at radius 1 is 1.40 bits per heavy atom. The predicted octanol–water partition coefficient (Wildman–Crippen LogP) is 3.85. The van der Waals surface area contributed by atoms with Gasteiger partial charge in [0.25, 0.3) is 5.69 Å². The molecule has 1 N–H and O–H groups in total. The quantitative estimate of drug-likeness (QED) is 0.647. The number of nitrogens with one attached hydrogen (secondary N) is 1. The highest BCUT2D eigenvalue weighted by molar-refractivity contribution is 6.28. The number of halogens is 1. The van der Waals surface area contributed by atoms with Gasteiger partial charge in [-0.25, -0.2) is 0 Å². The van der Waals surface area contributed by atoms with Crippen molar-refractivity contribution in [3.63, 3.8) is 0 Å². The third-order valence-corrected chi connectivity index (χ3v) is 2.76. The molecular weight excluding hydrogens is 284 g/mol. The number of benzene rings is 1. The highest BCUT2D eigenvalue weighted by Crippen LogP contribution is 2.29. The molecule has 20 heavy (non-hydrogen) atoms. The average Bonchev–Trinajstić information content (AvgIpc) is 2.83. The fourth-order valence-corrected chi connectivity index (χ4v) is 1.86. The second kappa shape index (κ2) is 6.29. The summed E-state index contributed by atoms with van der Waals surface area (Å²) in [6.45, 7) is 2.58. The van der Waals surface area contributed by atoms with Gasteiger partial charge in [0.1, 0.15) is 17.2 Å². The van der Waals surface area contributed by atoms with E-state index in [2.05, 4.69) is 5.32 Å². The smallest absolute Gasteiger partial charge is 0.296 e. The zero-order valence-corrected chi connectivity index (χ0v) is 11.5. The Hall–Kier alpha value is -2.21. The fraction of sp³-hybridized carbons (Fsp3) is 0.231. The lowest BCUT2D eigenvalue weighted by molar-refractivity contribution is -0.384. The number of anilines is 1. The van der Waals surface area contributed by atoms with E-state index in [-0.39, 0.29) is 10.9 Å². The topological polar surface area (TPSA) is 77.5 Å². The van der Waals surface area contributed by atoms with Crippen molar-refractivity contribution < 1.29 is 14.1 Å². The summed E-state index contributed by atoms with van der Waals surface area (Å²) < 4.78 is 10.4. The minimum Gasteiger partial charge on any atom is -0.494 e. The number of rotatable bonds is 6. The van der Waals surface area contributed by atoms with Crippen LogP contribution < -0.4 is 10.1 Å². The maximum atomic E-state index is 11.1. The lowest BCUT2D eigenvalue weighted by Crippen LogP contribution is -2.02. The Balaban J connectivity index is 2.15. The minimum absolute atomic E-state index is 0.0476. The van der Waals surface area contributed by atoms with Gasteiger partial charge >= 0.3 is 0 Å². The van der Waals surface area contributed by atoms with Crippen molar-refractivity contribution in [3.8, 4) is 5.75 Å². The summed E-state index contributed by atoms with van der Waals surface area (Å²) in [5.41, 5.74) is 0.347. The lowest BCUT2D eigenvalue weighted by Gasteiger charge is -2.08. The first kappa shape index (κ1) is 14.2. The Labute approximate surface area is 120 Å². The molecule has 0 fully saturated rings. The highest BCUT2D eigenvalue weighted by Gasteiger charge is 2.15. The molecule has 1 aromatic heterocycles. The Kier molecular flexibility index (Phi) is 4.47. The van der Waals surface area contributed by atoms with E-state index in [9.17, 15) is 10.1 Å². The molecule has 0 spiro atoms. The van der Waals surface area contributed by atoms with E-state index in [0.29, 0.717) is 30.3 Å². The summed E-state index contributed by atoms with van der Waals surface area (Å²) in [5.74, 6) is 1.06. The Morgan fingerprint density at radius 3 is 2.80 bits per heavy atom. The second-order valence-electron chi connectivity index (χ2n) is 3.93. The van der Waals surface area contributed by atoms with Gasteiger partial charge in [0.15, 0.2) is 5.22 Å². The van der Waals surface area contributed by atoms with E-state index in [1.807, 2.05) is 6.92 Å². The zero-order valence-electron chi connectivity index (χ0n) is 10.8. The molecule has 0 radical (unpaired) electrons. The van der Waals surface area contributed by atoms with Crippen LogP contribution >= 0.6 is 11.6 Å². The molecule has 2 aromatic rings. The number of nitro groups is 1. The summed E-state index contributed by atoms with van der Waals surface area (Å²) in [6, 6.07) is 7.99. The average molecular weight is 297 g/mol. The molecule has 0 unspecified atom stereocenters. The van der Waals surface area contributed by atoms with Crippen molar-refractivity contribution in [1.82, 2.24) is 0 Å². The first-order valence-corrected chi connectivity index (χ1v) is 6.37. The summed E-state index contributed by atoms with van der Waals surface area (Å²) in [4.78, 5) is 10.6. The molecule has 1 aromatic carbocycles. The van der Waals surface area contributed by atoms with Crippen molar-refractivity contribution >= 4 is 23.0 Å². The van der Waals surface area contributed by atoms with Crippen LogP contribution in [0.5, 0.6) is 5.75 Å². The molecule has 0 atom stereocenters. The maximum Gasteiger partial charge on any atom is 0.296 e. The number of hydrogen-bond acceptors (Lipinski definition) is 5. The normalized spacial score (nSPS) is 10.3. The van der Waals surface area contributed by atoms with E-state index in [4.69, 9.17) is 20.8 Å². The zero-order chi connectivity index (χ0) is 14.5. The molecule has 7 heteroatoms. The molecule has 106 valence electrons. The molecule has 0 aliphatic rings. The molecule has 0 aliphatic carbocycles. The van der Waals surface area contributed by atoms with E-state index in [1.54, 1.807) is 24.3 Å². The van der Waals surface area contributed by atoms with Crippen LogP contribution in [0.15, 0.2) is 34.7 Å². The minimum atomic E-state index is -0.458. The first-order chi connectivity index (χ1) is 9.60. The van der Waals surface area contributed by atoms with Crippen molar-refractivity contribution in [2.24, 2.45) is 0 Å². The maximum absolute atomic E-state index is 11.1.